The molecular formula is C36H39N2O9P. The largest absolute Gasteiger partial charge is 0.485 e. The Hall–Kier alpha value is -4.64. The van der Waals surface area contributed by atoms with Crippen LogP contribution < -0.4 is 10.6 Å². The third-order valence-corrected chi connectivity index (χ3v) is 8.83. The van der Waals surface area contributed by atoms with Gasteiger partial charge in [-0.3, -0.25) is 13.6 Å². The number of hydrogen-bond donors (Lipinski definition) is 3. The molecule has 48 heavy (non-hydrogen) atoms. The third-order valence-electron chi connectivity index (χ3n) is 7.41. The first-order chi connectivity index (χ1) is 23.4. The molecule has 5 rings (SSSR count). The lowest BCUT2D eigenvalue weighted by Gasteiger charge is -2.27. The number of hydrogen-bond acceptors (Lipinski definition) is 11. The predicted molar refractivity (Wildman–Crippen MR) is 180 cm³/mol. The highest BCUT2D eigenvalue weighted by Crippen LogP contribution is 2.53. The van der Waals surface area contributed by atoms with Crippen molar-refractivity contribution in [2.75, 3.05) is 31.3 Å². The fourth-order valence-corrected chi connectivity index (χ4v) is 6.05. The van der Waals surface area contributed by atoms with Crippen molar-refractivity contribution in [3.8, 4) is 0 Å². The molecule has 252 valence electrons. The number of ether oxygens (including phenoxy) is 3. The number of aliphatic hydroxyl groups excluding tert-OH is 1. The van der Waals surface area contributed by atoms with E-state index < -0.39 is 32.6 Å². The van der Waals surface area contributed by atoms with E-state index in [-0.39, 0.29) is 37.9 Å². The Kier molecular flexibility index (Phi) is 12.3. The number of esters is 1. The van der Waals surface area contributed by atoms with E-state index in [2.05, 4.69) is 10.6 Å². The normalized spacial score (nSPS) is 15.1. The van der Waals surface area contributed by atoms with Crippen LogP contribution in [0.5, 0.6) is 0 Å². The second-order valence-corrected chi connectivity index (χ2v) is 12.4. The minimum atomic E-state index is -4.38. The monoisotopic (exact) mass is 674 g/mol. The van der Waals surface area contributed by atoms with E-state index >= 15 is 0 Å². The van der Waals surface area contributed by atoms with Gasteiger partial charge in [-0.2, -0.15) is 0 Å². The summed E-state index contributed by atoms with van der Waals surface area (Å²) >= 11 is 0. The quantitative estimate of drug-likeness (QED) is 0.0783. The maximum atomic E-state index is 14.1. The Bertz CT molecular complexity index is 1640. The van der Waals surface area contributed by atoms with Crippen LogP contribution in [0.1, 0.15) is 22.3 Å². The summed E-state index contributed by atoms with van der Waals surface area (Å²) in [5.41, 5.74) is 4.88. The van der Waals surface area contributed by atoms with Crippen molar-refractivity contribution in [3.63, 3.8) is 0 Å². The van der Waals surface area contributed by atoms with Crippen LogP contribution in [-0.4, -0.2) is 44.0 Å². The first-order valence-corrected chi connectivity index (χ1v) is 16.9. The van der Waals surface area contributed by atoms with Crippen LogP contribution in [0.15, 0.2) is 121 Å². The summed E-state index contributed by atoms with van der Waals surface area (Å²) < 4.78 is 49.3. The molecule has 2 atom stereocenters. The van der Waals surface area contributed by atoms with Crippen molar-refractivity contribution < 1.29 is 42.2 Å². The fourth-order valence-electron chi connectivity index (χ4n) is 4.73. The molecule has 1 aliphatic rings. The van der Waals surface area contributed by atoms with E-state index in [1.807, 2.05) is 99.0 Å². The first-order valence-electron chi connectivity index (χ1n) is 15.4. The zero-order valence-electron chi connectivity index (χ0n) is 26.7. The Labute approximate surface area is 280 Å². The molecule has 0 aliphatic carbocycles. The van der Waals surface area contributed by atoms with Gasteiger partial charge >= 0.3 is 13.8 Å². The summed E-state index contributed by atoms with van der Waals surface area (Å²) in [6.45, 7) is -0.834. The number of carbonyl (C=O) groups is 1. The van der Waals surface area contributed by atoms with Crippen LogP contribution in [-0.2, 0) is 63.6 Å². The summed E-state index contributed by atoms with van der Waals surface area (Å²) in [6.07, 6.45) is -2.72. The Morgan fingerprint density at radius 2 is 1.15 bits per heavy atom. The number of phosphoric acid groups is 1. The van der Waals surface area contributed by atoms with Gasteiger partial charge in [-0.1, -0.05) is 84.9 Å². The molecule has 0 radical (unpaired) electrons. The van der Waals surface area contributed by atoms with Crippen molar-refractivity contribution in [3.05, 3.63) is 143 Å². The number of benzene rings is 4. The van der Waals surface area contributed by atoms with E-state index in [4.69, 9.17) is 27.8 Å². The van der Waals surface area contributed by atoms with Crippen molar-refractivity contribution in [1.29, 1.82) is 0 Å². The molecule has 0 amide bonds. The molecular weight excluding hydrogens is 635 g/mol. The molecule has 2 unspecified atom stereocenters. The number of nitrogens with one attached hydrogen (secondary N) is 2. The standard InChI is InChI=1S/C36H39N2O9P/c1-37-30-17-13-28(14-18-30)22-42-34-33(46-36(40)35(34)43-23-29-15-19-31(38-2)20-16-29)32(21-39)47-48(41,44-24-26-9-5-3-6-10-26)45-25-27-11-7-4-8-12-27/h3-20,32-33,37-39H,21-25H2,1-2H3. The predicted octanol–water partition coefficient (Wildman–Crippen LogP) is 6.56. The number of rotatable bonds is 18. The molecule has 4 aromatic rings. The highest BCUT2D eigenvalue weighted by molar-refractivity contribution is 7.48. The van der Waals surface area contributed by atoms with Crippen molar-refractivity contribution >= 4 is 25.2 Å². The molecule has 4 aromatic carbocycles. The average Bonchev–Trinajstić information content (AvgIpc) is 3.45. The van der Waals surface area contributed by atoms with Gasteiger partial charge in [0.15, 0.2) is 11.9 Å². The van der Waals surface area contributed by atoms with Crippen LogP contribution in [0, 0.1) is 0 Å². The van der Waals surface area contributed by atoms with E-state index in [0.29, 0.717) is 0 Å². The zero-order valence-corrected chi connectivity index (χ0v) is 27.6. The summed E-state index contributed by atoms with van der Waals surface area (Å²) in [7, 11) is -0.745. The number of carbonyl (C=O) groups excluding carboxylic acids is 1. The van der Waals surface area contributed by atoms with Gasteiger partial charge in [-0.25, -0.2) is 9.36 Å². The maximum absolute atomic E-state index is 14.1. The van der Waals surface area contributed by atoms with Gasteiger partial charge in [-0.05, 0) is 46.5 Å². The molecule has 3 N–H and O–H groups in total. The lowest BCUT2D eigenvalue weighted by Crippen LogP contribution is -2.35. The van der Waals surface area contributed by atoms with Gasteiger partial charge in [0.1, 0.15) is 19.3 Å². The second kappa shape index (κ2) is 17.0. The number of cyclic esters (lactones) is 1. The molecule has 0 bridgehead atoms. The van der Waals surface area contributed by atoms with Crippen LogP contribution in [0.2, 0.25) is 0 Å². The van der Waals surface area contributed by atoms with Crippen LogP contribution >= 0.6 is 7.82 Å². The molecule has 1 aliphatic heterocycles. The van der Waals surface area contributed by atoms with Gasteiger partial charge in [0.2, 0.25) is 5.76 Å². The van der Waals surface area contributed by atoms with Crippen LogP contribution in [0.3, 0.4) is 0 Å². The van der Waals surface area contributed by atoms with Crippen molar-refractivity contribution in [2.24, 2.45) is 0 Å². The average molecular weight is 675 g/mol. The smallest absolute Gasteiger partial charge is 0.475 e. The number of aliphatic hydroxyl groups is 1. The third kappa shape index (κ3) is 9.47. The second-order valence-electron chi connectivity index (χ2n) is 10.8. The Morgan fingerprint density at radius 3 is 1.60 bits per heavy atom. The molecule has 12 heteroatoms. The molecule has 0 saturated heterocycles. The number of phosphoric ester groups is 1. The number of anilines is 2. The van der Waals surface area contributed by atoms with E-state index in [9.17, 15) is 14.5 Å². The molecule has 0 saturated carbocycles. The van der Waals surface area contributed by atoms with Crippen LogP contribution in [0.4, 0.5) is 11.4 Å². The van der Waals surface area contributed by atoms with Gasteiger partial charge in [0, 0.05) is 25.5 Å². The molecule has 0 spiro atoms. The van der Waals surface area contributed by atoms with Crippen molar-refractivity contribution in [2.45, 2.75) is 38.6 Å². The molecule has 0 aromatic heterocycles. The Morgan fingerprint density at radius 1 is 0.688 bits per heavy atom. The maximum Gasteiger partial charge on any atom is 0.475 e. The summed E-state index contributed by atoms with van der Waals surface area (Å²) in [5, 5.41) is 16.6. The minimum absolute atomic E-state index is 0.0127. The molecule has 0 fully saturated rings. The van der Waals surface area contributed by atoms with Gasteiger partial charge in [0.05, 0.1) is 19.8 Å². The van der Waals surface area contributed by atoms with Crippen molar-refractivity contribution in [1.82, 2.24) is 0 Å². The lowest BCUT2D eigenvalue weighted by molar-refractivity contribution is -0.148. The molecule has 11 nitrogen and oxygen atoms in total. The first kappa shape index (κ1) is 34.7. The lowest BCUT2D eigenvalue weighted by atomic mass is 10.1. The summed E-state index contributed by atoms with van der Waals surface area (Å²) in [5.74, 6) is -1.02. The zero-order chi connectivity index (χ0) is 33.8. The highest BCUT2D eigenvalue weighted by atomic mass is 31.2. The van der Waals surface area contributed by atoms with E-state index in [1.54, 1.807) is 24.3 Å². The topological polar surface area (TPSA) is 134 Å². The van der Waals surface area contributed by atoms with E-state index in [1.165, 1.54) is 0 Å². The minimum Gasteiger partial charge on any atom is -0.485 e. The SMILES string of the molecule is CNc1ccc(COC2=C(OCc3ccc(NC)cc3)C(C(CO)OP(=O)(OCc3ccccc3)OCc3ccccc3)OC2=O)cc1. The van der Waals surface area contributed by atoms with Crippen LogP contribution in [0.25, 0.3) is 0 Å². The van der Waals surface area contributed by atoms with Gasteiger partial charge in [-0.15, -0.1) is 0 Å². The van der Waals surface area contributed by atoms with Gasteiger partial charge < -0.3 is 30.0 Å². The summed E-state index contributed by atoms with van der Waals surface area (Å²) in [4.78, 5) is 13.2. The highest BCUT2D eigenvalue weighted by Gasteiger charge is 2.46. The molecule has 1 heterocycles. The fraction of sp³-hybridized carbons (Fsp3) is 0.250. The van der Waals surface area contributed by atoms with E-state index in [0.717, 1.165) is 33.6 Å². The Balaban J connectivity index is 1.40. The summed E-state index contributed by atoms with van der Waals surface area (Å²) in [6, 6.07) is 33.2. The van der Waals surface area contributed by atoms with Gasteiger partial charge in [0.25, 0.3) is 0 Å².